The number of aliphatic imine (C=N–C) groups is 1. The second-order valence-corrected chi connectivity index (χ2v) is 7.12. The van der Waals surface area contributed by atoms with E-state index >= 15 is 0 Å². The van der Waals surface area contributed by atoms with E-state index in [1.807, 2.05) is 6.92 Å². The van der Waals surface area contributed by atoms with E-state index in [2.05, 4.69) is 20.3 Å². The minimum Gasteiger partial charge on any atom is -0.489 e. The van der Waals surface area contributed by atoms with Crippen LogP contribution in [-0.2, 0) is 10.0 Å². The van der Waals surface area contributed by atoms with E-state index in [4.69, 9.17) is 4.74 Å². The summed E-state index contributed by atoms with van der Waals surface area (Å²) in [4.78, 5) is 4.08. The van der Waals surface area contributed by atoms with Gasteiger partial charge in [-0.15, -0.1) is 0 Å². The number of halogens is 1. The molecule has 0 aliphatic heterocycles. The Hall–Kier alpha value is -1.87. The van der Waals surface area contributed by atoms with Gasteiger partial charge in [0.15, 0.2) is 5.96 Å². The maximum Gasteiger partial charge on any atom is 0.208 e. The Morgan fingerprint density at radius 2 is 1.92 bits per heavy atom. The van der Waals surface area contributed by atoms with Crippen LogP contribution in [0.3, 0.4) is 0 Å². The van der Waals surface area contributed by atoms with Crippen LogP contribution >= 0.6 is 0 Å². The number of benzene rings is 1. The summed E-state index contributed by atoms with van der Waals surface area (Å²) in [5.74, 6) is 0.896. The molecule has 0 bridgehead atoms. The van der Waals surface area contributed by atoms with Crippen molar-refractivity contribution in [2.24, 2.45) is 4.99 Å². The Kier molecular flexibility index (Phi) is 8.48. The number of sulfonamides is 1. The molecule has 0 aliphatic rings. The van der Waals surface area contributed by atoms with Gasteiger partial charge in [0.1, 0.15) is 17.7 Å². The lowest BCUT2D eigenvalue weighted by Crippen LogP contribution is -2.42. The maximum absolute atomic E-state index is 12.8. The molecule has 7 nitrogen and oxygen atoms in total. The van der Waals surface area contributed by atoms with Gasteiger partial charge in [0.2, 0.25) is 10.0 Å². The predicted molar refractivity (Wildman–Crippen MR) is 93.3 cm³/mol. The number of hydrogen-bond acceptors (Lipinski definition) is 4. The van der Waals surface area contributed by atoms with E-state index in [1.165, 1.54) is 12.1 Å². The third kappa shape index (κ3) is 9.31. The molecular weight excluding hydrogens is 335 g/mol. The summed E-state index contributed by atoms with van der Waals surface area (Å²) in [5, 5.41) is 6.19. The molecule has 136 valence electrons. The average Bonchev–Trinajstić information content (AvgIpc) is 2.51. The van der Waals surface area contributed by atoms with Crippen LogP contribution < -0.4 is 20.1 Å². The summed E-state index contributed by atoms with van der Waals surface area (Å²) in [7, 11) is -1.50. The van der Waals surface area contributed by atoms with Crippen LogP contribution in [0.2, 0.25) is 0 Å². The average molecular weight is 360 g/mol. The van der Waals surface area contributed by atoms with E-state index in [9.17, 15) is 12.8 Å². The molecule has 1 aromatic rings. The minimum absolute atomic E-state index is 0.138. The van der Waals surface area contributed by atoms with Crippen molar-refractivity contribution in [1.29, 1.82) is 0 Å². The van der Waals surface area contributed by atoms with Gasteiger partial charge in [0.05, 0.1) is 12.8 Å². The summed E-state index contributed by atoms with van der Waals surface area (Å²) < 4.78 is 42.8. The molecule has 0 saturated heterocycles. The fourth-order valence-electron chi connectivity index (χ4n) is 1.80. The Balaban J connectivity index is 2.24. The zero-order valence-corrected chi connectivity index (χ0v) is 15.0. The summed E-state index contributed by atoms with van der Waals surface area (Å²) in [6, 6.07) is 5.85. The van der Waals surface area contributed by atoms with E-state index < -0.39 is 10.0 Å². The highest BCUT2D eigenvalue weighted by Crippen LogP contribution is 2.12. The third-order valence-corrected chi connectivity index (χ3v) is 3.67. The van der Waals surface area contributed by atoms with Gasteiger partial charge in [0, 0.05) is 20.1 Å². The van der Waals surface area contributed by atoms with Gasteiger partial charge in [-0.2, -0.15) is 0 Å². The van der Waals surface area contributed by atoms with Gasteiger partial charge in [-0.3, -0.25) is 4.99 Å². The zero-order valence-electron chi connectivity index (χ0n) is 14.2. The molecule has 0 fully saturated rings. The molecule has 9 heteroatoms. The summed E-state index contributed by atoms with van der Waals surface area (Å²) in [6.45, 7) is 3.35. The molecule has 0 spiro atoms. The smallest absolute Gasteiger partial charge is 0.208 e. The Morgan fingerprint density at radius 1 is 1.25 bits per heavy atom. The molecule has 3 N–H and O–H groups in total. The van der Waals surface area contributed by atoms with Gasteiger partial charge < -0.3 is 15.4 Å². The molecule has 1 aromatic carbocycles. The first kappa shape index (κ1) is 20.2. The van der Waals surface area contributed by atoms with Gasteiger partial charge in [0.25, 0.3) is 0 Å². The Bertz CT molecular complexity index is 620. The van der Waals surface area contributed by atoms with Crippen molar-refractivity contribution < 1.29 is 17.5 Å². The largest absolute Gasteiger partial charge is 0.489 e. The van der Waals surface area contributed by atoms with Crippen molar-refractivity contribution in [3.05, 3.63) is 30.1 Å². The summed E-state index contributed by atoms with van der Waals surface area (Å²) in [6.07, 6.45) is 1.62. The standard InChI is InChI=1S/C15H25FN4O3S/c1-12(23-14-7-5-13(16)6-8-14)11-19-15(17-2)18-9-4-10-20-24(3,21)22/h5-8,12,20H,4,9-11H2,1-3H3,(H2,17,18,19). The van der Waals surface area contributed by atoms with E-state index in [1.54, 1.807) is 19.2 Å². The minimum atomic E-state index is -3.15. The predicted octanol–water partition coefficient (Wildman–Crippen LogP) is 0.697. The molecule has 0 saturated carbocycles. The first-order valence-corrected chi connectivity index (χ1v) is 9.50. The lowest BCUT2D eigenvalue weighted by molar-refractivity contribution is 0.223. The van der Waals surface area contributed by atoms with Gasteiger partial charge >= 0.3 is 0 Å². The van der Waals surface area contributed by atoms with Gasteiger partial charge in [-0.25, -0.2) is 17.5 Å². The fraction of sp³-hybridized carbons (Fsp3) is 0.533. The number of nitrogens with one attached hydrogen (secondary N) is 3. The molecule has 1 rings (SSSR count). The van der Waals surface area contributed by atoms with Gasteiger partial charge in [-0.05, 0) is 37.6 Å². The monoisotopic (exact) mass is 360 g/mol. The molecule has 24 heavy (non-hydrogen) atoms. The van der Waals surface area contributed by atoms with Crippen LogP contribution in [0.15, 0.2) is 29.3 Å². The van der Waals surface area contributed by atoms with Crippen molar-refractivity contribution in [3.8, 4) is 5.75 Å². The summed E-state index contributed by atoms with van der Waals surface area (Å²) in [5.41, 5.74) is 0. The fourth-order valence-corrected chi connectivity index (χ4v) is 2.32. The van der Waals surface area contributed by atoms with E-state index in [-0.39, 0.29) is 11.9 Å². The van der Waals surface area contributed by atoms with Crippen molar-refractivity contribution >= 4 is 16.0 Å². The van der Waals surface area contributed by atoms with E-state index in [0.29, 0.717) is 37.8 Å². The van der Waals surface area contributed by atoms with Gasteiger partial charge in [-0.1, -0.05) is 0 Å². The molecule has 0 radical (unpaired) electrons. The molecule has 0 amide bonds. The quantitative estimate of drug-likeness (QED) is 0.342. The topological polar surface area (TPSA) is 91.8 Å². The SMILES string of the molecule is CN=C(NCCCNS(C)(=O)=O)NCC(C)Oc1ccc(F)cc1. The zero-order chi connectivity index (χ0) is 18.0. The van der Waals surface area contributed by atoms with Crippen LogP contribution in [0.25, 0.3) is 0 Å². The molecular formula is C15H25FN4O3S. The van der Waals surface area contributed by atoms with Crippen molar-refractivity contribution in [2.45, 2.75) is 19.4 Å². The highest BCUT2D eigenvalue weighted by molar-refractivity contribution is 7.88. The number of guanidine groups is 1. The first-order chi connectivity index (χ1) is 11.3. The van der Waals surface area contributed by atoms with Crippen LogP contribution in [0.1, 0.15) is 13.3 Å². The number of rotatable bonds is 9. The van der Waals surface area contributed by atoms with Crippen LogP contribution in [0, 0.1) is 5.82 Å². The van der Waals surface area contributed by atoms with E-state index in [0.717, 1.165) is 6.26 Å². The highest BCUT2D eigenvalue weighted by Gasteiger charge is 2.06. The third-order valence-electron chi connectivity index (χ3n) is 2.94. The molecule has 0 aromatic heterocycles. The Morgan fingerprint density at radius 3 is 2.50 bits per heavy atom. The highest BCUT2D eigenvalue weighted by atomic mass is 32.2. The maximum atomic E-state index is 12.8. The number of ether oxygens (including phenoxy) is 1. The molecule has 1 unspecified atom stereocenters. The lowest BCUT2D eigenvalue weighted by atomic mass is 10.3. The normalized spacial score (nSPS) is 13.4. The summed E-state index contributed by atoms with van der Waals surface area (Å²) >= 11 is 0. The van der Waals surface area contributed by atoms with Crippen molar-refractivity contribution in [2.75, 3.05) is 32.9 Å². The Labute approximate surface area is 142 Å². The van der Waals surface area contributed by atoms with Crippen LogP contribution in [0.5, 0.6) is 5.75 Å². The molecule has 0 aliphatic carbocycles. The second kappa shape index (κ2) is 10.1. The number of hydrogen-bond donors (Lipinski definition) is 3. The number of nitrogens with zero attached hydrogens (tertiary/aromatic N) is 1. The van der Waals surface area contributed by atoms with Crippen molar-refractivity contribution in [1.82, 2.24) is 15.4 Å². The van der Waals surface area contributed by atoms with Crippen LogP contribution in [-0.4, -0.2) is 53.4 Å². The second-order valence-electron chi connectivity index (χ2n) is 5.28. The first-order valence-electron chi connectivity index (χ1n) is 7.61. The van der Waals surface area contributed by atoms with Crippen LogP contribution in [0.4, 0.5) is 4.39 Å². The molecule has 1 atom stereocenters. The lowest BCUT2D eigenvalue weighted by Gasteiger charge is -2.17. The molecule has 0 heterocycles. The van der Waals surface area contributed by atoms with Crippen molar-refractivity contribution in [3.63, 3.8) is 0 Å².